The Kier molecular flexibility index (Phi) is 5.27. The van der Waals surface area contributed by atoms with E-state index in [1.165, 1.54) is 22.0 Å². The van der Waals surface area contributed by atoms with Crippen molar-refractivity contribution in [1.82, 2.24) is 29.0 Å². The van der Waals surface area contributed by atoms with Crippen LogP contribution in [0, 0.1) is 13.8 Å². The number of hydrogen-bond acceptors (Lipinski definition) is 6. The van der Waals surface area contributed by atoms with E-state index in [2.05, 4.69) is 66.9 Å². The van der Waals surface area contributed by atoms with Crippen molar-refractivity contribution in [2.75, 3.05) is 13.1 Å². The van der Waals surface area contributed by atoms with Gasteiger partial charge in [0.25, 0.3) is 0 Å². The van der Waals surface area contributed by atoms with E-state index in [1.54, 1.807) is 4.57 Å². The average Bonchev–Trinajstić information content (AvgIpc) is 3.23. The number of morpholine rings is 1. The summed E-state index contributed by atoms with van der Waals surface area (Å²) >= 11 is 0. The van der Waals surface area contributed by atoms with E-state index in [0.29, 0.717) is 17.8 Å². The predicted octanol–water partition coefficient (Wildman–Crippen LogP) is 2.71. The summed E-state index contributed by atoms with van der Waals surface area (Å²) in [6.45, 7) is 11.3. The molecule has 5 rings (SSSR count). The second kappa shape index (κ2) is 8.11. The van der Waals surface area contributed by atoms with E-state index < -0.39 is 0 Å². The number of aryl methyl sites for hydroxylation is 2. The second-order valence-corrected chi connectivity index (χ2v) is 8.95. The van der Waals surface area contributed by atoms with Crippen molar-refractivity contribution in [2.24, 2.45) is 0 Å². The van der Waals surface area contributed by atoms with Gasteiger partial charge in [0.2, 0.25) is 0 Å². The van der Waals surface area contributed by atoms with Gasteiger partial charge in [0.1, 0.15) is 12.0 Å². The van der Waals surface area contributed by atoms with Crippen LogP contribution in [0.5, 0.6) is 0 Å². The third-order valence-corrected chi connectivity index (χ3v) is 6.19. The van der Waals surface area contributed by atoms with Crippen molar-refractivity contribution in [1.29, 1.82) is 0 Å². The van der Waals surface area contributed by atoms with E-state index in [0.717, 1.165) is 36.1 Å². The lowest BCUT2D eigenvalue weighted by molar-refractivity contribution is -0.0705. The van der Waals surface area contributed by atoms with Crippen molar-refractivity contribution in [2.45, 2.75) is 53.0 Å². The Morgan fingerprint density at radius 3 is 2.50 bits per heavy atom. The van der Waals surface area contributed by atoms with E-state index in [9.17, 15) is 4.79 Å². The van der Waals surface area contributed by atoms with Gasteiger partial charge >= 0.3 is 5.69 Å². The Morgan fingerprint density at radius 2 is 1.75 bits per heavy atom. The molecule has 1 aliphatic heterocycles. The largest absolute Gasteiger partial charge is 0.373 e. The molecule has 166 valence electrons. The number of hydrogen-bond donors (Lipinski definition) is 0. The number of pyridine rings is 1. The van der Waals surface area contributed by atoms with Gasteiger partial charge in [-0.25, -0.2) is 14.8 Å². The highest BCUT2D eigenvalue weighted by Crippen LogP contribution is 2.20. The monoisotopic (exact) mass is 432 g/mol. The standard InChI is InChI=1S/C24H28N6O2/c1-15-5-6-19(7-16(15)2)13-29-22-21(23-26-14-27-30(23)24(29)31)8-20(9-25-22)12-28-10-17(3)32-18(4)11-28/h5-9,14,17-18H,10-13H2,1-4H3. The number of ether oxygens (including phenoxy) is 1. The van der Waals surface area contributed by atoms with Crippen molar-refractivity contribution in [3.8, 4) is 0 Å². The molecule has 0 saturated carbocycles. The maximum absolute atomic E-state index is 13.2. The highest BCUT2D eigenvalue weighted by atomic mass is 16.5. The van der Waals surface area contributed by atoms with Crippen LogP contribution in [-0.4, -0.2) is 54.3 Å². The van der Waals surface area contributed by atoms with Crippen LogP contribution in [0.3, 0.4) is 0 Å². The van der Waals surface area contributed by atoms with Gasteiger partial charge in [-0.05, 0) is 56.0 Å². The fraction of sp³-hybridized carbons (Fsp3) is 0.417. The molecule has 8 heteroatoms. The fourth-order valence-electron chi connectivity index (χ4n) is 4.64. The number of fused-ring (bicyclic) bond motifs is 3. The Balaban J connectivity index is 1.57. The molecule has 0 spiro atoms. The van der Waals surface area contributed by atoms with Gasteiger partial charge in [0.15, 0.2) is 5.65 Å². The van der Waals surface area contributed by atoms with Crippen molar-refractivity contribution in [3.05, 3.63) is 69.5 Å². The quantitative estimate of drug-likeness (QED) is 0.494. The molecule has 0 bridgehead atoms. The molecule has 4 heterocycles. The van der Waals surface area contributed by atoms with Crippen LogP contribution in [0.25, 0.3) is 16.7 Å². The molecule has 2 unspecified atom stereocenters. The third kappa shape index (κ3) is 3.80. The van der Waals surface area contributed by atoms with Crippen molar-refractivity contribution >= 4 is 16.7 Å². The lowest BCUT2D eigenvalue weighted by Gasteiger charge is -2.35. The van der Waals surface area contributed by atoms with Crippen LogP contribution in [0.1, 0.15) is 36.1 Å². The molecule has 0 amide bonds. The van der Waals surface area contributed by atoms with E-state index in [-0.39, 0.29) is 17.9 Å². The maximum atomic E-state index is 13.2. The van der Waals surface area contributed by atoms with Gasteiger partial charge in [0, 0.05) is 25.8 Å². The lowest BCUT2D eigenvalue weighted by atomic mass is 10.1. The summed E-state index contributed by atoms with van der Waals surface area (Å²) in [6, 6.07) is 8.35. The molecule has 8 nitrogen and oxygen atoms in total. The molecule has 1 aromatic carbocycles. The van der Waals surface area contributed by atoms with Gasteiger partial charge in [-0.2, -0.15) is 9.61 Å². The van der Waals surface area contributed by atoms with Crippen LogP contribution in [0.4, 0.5) is 0 Å². The summed E-state index contributed by atoms with van der Waals surface area (Å²) in [6.07, 6.45) is 3.71. The SMILES string of the molecule is Cc1ccc(Cn2c(=O)n3ncnc3c3cc(CN4CC(C)OC(C)C4)cnc32)cc1C. The first-order valence-electron chi connectivity index (χ1n) is 11.0. The van der Waals surface area contributed by atoms with E-state index >= 15 is 0 Å². The average molecular weight is 433 g/mol. The number of aromatic nitrogens is 5. The zero-order chi connectivity index (χ0) is 22.4. The topological polar surface area (TPSA) is 77.5 Å². The van der Waals surface area contributed by atoms with Crippen LogP contribution in [-0.2, 0) is 17.8 Å². The van der Waals surface area contributed by atoms with Crippen LogP contribution in [0.15, 0.2) is 41.6 Å². The Bertz CT molecular complexity index is 1350. The normalized spacial score (nSPS) is 19.8. The van der Waals surface area contributed by atoms with E-state index in [1.807, 2.05) is 6.20 Å². The van der Waals surface area contributed by atoms with Gasteiger partial charge in [-0.1, -0.05) is 18.2 Å². The summed E-state index contributed by atoms with van der Waals surface area (Å²) < 4.78 is 8.91. The summed E-state index contributed by atoms with van der Waals surface area (Å²) in [7, 11) is 0. The van der Waals surface area contributed by atoms with Crippen molar-refractivity contribution in [3.63, 3.8) is 0 Å². The van der Waals surface area contributed by atoms with Crippen LogP contribution >= 0.6 is 0 Å². The summed E-state index contributed by atoms with van der Waals surface area (Å²) in [5.41, 5.74) is 5.50. The molecule has 32 heavy (non-hydrogen) atoms. The molecule has 1 aliphatic rings. The zero-order valence-corrected chi connectivity index (χ0v) is 18.9. The number of benzene rings is 1. The van der Waals surface area contributed by atoms with Crippen LogP contribution < -0.4 is 5.69 Å². The number of nitrogens with zero attached hydrogens (tertiary/aromatic N) is 6. The molecule has 4 aromatic rings. The smallest absolute Gasteiger partial charge is 0.352 e. The third-order valence-electron chi connectivity index (χ3n) is 6.19. The van der Waals surface area contributed by atoms with Gasteiger partial charge < -0.3 is 4.74 Å². The molecule has 3 aromatic heterocycles. The first-order valence-corrected chi connectivity index (χ1v) is 11.0. The Morgan fingerprint density at radius 1 is 0.969 bits per heavy atom. The highest BCUT2D eigenvalue weighted by Gasteiger charge is 2.23. The fourth-order valence-corrected chi connectivity index (χ4v) is 4.64. The first kappa shape index (κ1) is 20.8. The molecule has 0 N–H and O–H groups in total. The molecular weight excluding hydrogens is 404 g/mol. The summed E-state index contributed by atoms with van der Waals surface area (Å²) in [5, 5.41) is 5.02. The van der Waals surface area contributed by atoms with Crippen molar-refractivity contribution < 1.29 is 4.74 Å². The molecule has 1 fully saturated rings. The first-order chi connectivity index (χ1) is 15.4. The second-order valence-electron chi connectivity index (χ2n) is 8.95. The highest BCUT2D eigenvalue weighted by molar-refractivity contribution is 5.89. The van der Waals surface area contributed by atoms with E-state index in [4.69, 9.17) is 9.72 Å². The summed E-state index contributed by atoms with van der Waals surface area (Å²) in [4.78, 5) is 24.7. The zero-order valence-electron chi connectivity index (χ0n) is 18.9. The Hall–Kier alpha value is -3.10. The minimum Gasteiger partial charge on any atom is -0.373 e. The summed E-state index contributed by atoms with van der Waals surface area (Å²) in [5.74, 6) is 0. The molecule has 0 radical (unpaired) electrons. The lowest BCUT2D eigenvalue weighted by Crippen LogP contribution is -2.44. The minimum atomic E-state index is -0.237. The minimum absolute atomic E-state index is 0.207. The van der Waals surface area contributed by atoms with Crippen LogP contribution in [0.2, 0.25) is 0 Å². The number of rotatable bonds is 4. The van der Waals surface area contributed by atoms with Gasteiger partial charge in [-0.3, -0.25) is 9.47 Å². The Labute approximate surface area is 186 Å². The van der Waals surface area contributed by atoms with Gasteiger partial charge in [0.05, 0.1) is 24.1 Å². The molecule has 0 aliphatic carbocycles. The predicted molar refractivity (Wildman–Crippen MR) is 123 cm³/mol. The molecular formula is C24H28N6O2. The molecule has 2 atom stereocenters. The molecule has 1 saturated heterocycles. The van der Waals surface area contributed by atoms with Gasteiger partial charge in [-0.15, -0.1) is 0 Å². The maximum Gasteiger partial charge on any atom is 0.352 e.